The number of ether oxygens (including phenoxy) is 1. The summed E-state index contributed by atoms with van der Waals surface area (Å²) in [5.41, 5.74) is 2.30. The summed E-state index contributed by atoms with van der Waals surface area (Å²) in [7, 11) is 1.60. The molecular formula is C22H22BrN3O3. The number of anilines is 1. The summed E-state index contributed by atoms with van der Waals surface area (Å²) in [5.74, 6) is -0.500. The molecule has 6 nitrogen and oxygen atoms in total. The van der Waals surface area contributed by atoms with Gasteiger partial charge in [-0.2, -0.15) is 5.26 Å². The third kappa shape index (κ3) is 5.22. The first-order valence-corrected chi connectivity index (χ1v) is 10.1. The molecule has 2 aromatic rings. The zero-order valence-corrected chi connectivity index (χ0v) is 17.8. The van der Waals surface area contributed by atoms with Crippen molar-refractivity contribution in [2.24, 2.45) is 5.92 Å². The van der Waals surface area contributed by atoms with Gasteiger partial charge in [0, 0.05) is 43.3 Å². The predicted molar refractivity (Wildman–Crippen MR) is 113 cm³/mol. The third-order valence-corrected chi connectivity index (χ3v) is 5.42. The summed E-state index contributed by atoms with van der Waals surface area (Å²) >= 11 is 3.43. The van der Waals surface area contributed by atoms with Gasteiger partial charge in [0.2, 0.25) is 11.8 Å². The average molecular weight is 456 g/mol. The van der Waals surface area contributed by atoms with Crippen molar-refractivity contribution in [1.82, 2.24) is 4.90 Å². The van der Waals surface area contributed by atoms with E-state index in [-0.39, 0.29) is 18.2 Å². The van der Waals surface area contributed by atoms with E-state index >= 15 is 0 Å². The molecule has 150 valence electrons. The van der Waals surface area contributed by atoms with Crippen LogP contribution in [0.15, 0.2) is 53.0 Å². The number of benzene rings is 2. The van der Waals surface area contributed by atoms with E-state index in [1.807, 2.05) is 36.4 Å². The van der Waals surface area contributed by atoms with Gasteiger partial charge in [0.1, 0.15) is 0 Å². The number of amides is 2. The van der Waals surface area contributed by atoms with Crippen LogP contribution in [0.3, 0.4) is 0 Å². The normalized spacial score (nSPS) is 16.0. The molecule has 0 radical (unpaired) electrons. The second-order valence-corrected chi connectivity index (χ2v) is 7.86. The van der Waals surface area contributed by atoms with Crippen molar-refractivity contribution in [2.45, 2.75) is 13.0 Å². The number of methoxy groups -OCH3 is 1. The van der Waals surface area contributed by atoms with Crippen molar-refractivity contribution >= 4 is 33.4 Å². The van der Waals surface area contributed by atoms with Crippen LogP contribution in [0.25, 0.3) is 0 Å². The summed E-state index contributed by atoms with van der Waals surface area (Å²) in [4.78, 5) is 29.1. The van der Waals surface area contributed by atoms with Crippen LogP contribution in [0.4, 0.5) is 5.69 Å². The van der Waals surface area contributed by atoms with Crippen LogP contribution in [0.2, 0.25) is 0 Å². The van der Waals surface area contributed by atoms with Crippen LogP contribution in [0.5, 0.6) is 0 Å². The second-order valence-electron chi connectivity index (χ2n) is 6.95. The van der Waals surface area contributed by atoms with E-state index in [0.29, 0.717) is 31.8 Å². The molecule has 1 aliphatic rings. The molecule has 1 unspecified atom stereocenters. The lowest BCUT2D eigenvalue weighted by Gasteiger charge is -2.25. The van der Waals surface area contributed by atoms with E-state index in [2.05, 4.69) is 22.0 Å². The van der Waals surface area contributed by atoms with Gasteiger partial charge >= 0.3 is 0 Å². The standard InChI is InChI=1S/C22H22BrN3O3/c1-29-10-9-25(14-17-7-5-16(13-24)6-8-17)22(28)18-11-21(27)26(15-18)20-4-2-3-19(23)12-20/h2-8,12,18H,9-11,14-15H2,1H3. The van der Waals surface area contributed by atoms with Crippen molar-refractivity contribution in [3.63, 3.8) is 0 Å². The molecule has 0 saturated carbocycles. The van der Waals surface area contributed by atoms with E-state index in [9.17, 15) is 9.59 Å². The predicted octanol–water partition coefficient (Wildman–Crippen LogP) is 3.35. The number of hydrogen-bond donors (Lipinski definition) is 0. The minimum atomic E-state index is -0.392. The van der Waals surface area contributed by atoms with Crippen LogP contribution in [0.1, 0.15) is 17.5 Å². The van der Waals surface area contributed by atoms with Gasteiger partial charge in [-0.15, -0.1) is 0 Å². The van der Waals surface area contributed by atoms with Crippen LogP contribution >= 0.6 is 15.9 Å². The Morgan fingerprint density at radius 1 is 1.31 bits per heavy atom. The number of halogens is 1. The van der Waals surface area contributed by atoms with Gasteiger partial charge in [0.05, 0.1) is 24.2 Å². The first kappa shape index (κ1) is 21.0. The Bertz CT molecular complexity index is 924. The fourth-order valence-electron chi connectivity index (χ4n) is 3.40. The molecule has 1 heterocycles. The highest BCUT2D eigenvalue weighted by Gasteiger charge is 2.37. The number of nitriles is 1. The van der Waals surface area contributed by atoms with Crippen molar-refractivity contribution in [3.8, 4) is 6.07 Å². The number of rotatable bonds is 7. The molecule has 2 aromatic carbocycles. The molecular weight excluding hydrogens is 434 g/mol. The Morgan fingerprint density at radius 3 is 2.72 bits per heavy atom. The maximum absolute atomic E-state index is 13.2. The number of carbonyl (C=O) groups is 2. The Kier molecular flexibility index (Phi) is 7.02. The van der Waals surface area contributed by atoms with Gasteiger partial charge in [0.25, 0.3) is 0 Å². The lowest BCUT2D eigenvalue weighted by molar-refractivity contribution is -0.137. The van der Waals surface area contributed by atoms with Crippen molar-refractivity contribution in [2.75, 3.05) is 31.7 Å². The summed E-state index contributed by atoms with van der Waals surface area (Å²) in [6.45, 7) is 1.63. The number of carbonyl (C=O) groups excluding carboxylic acids is 2. The van der Waals surface area contributed by atoms with Crippen molar-refractivity contribution in [1.29, 1.82) is 5.26 Å². The van der Waals surface area contributed by atoms with E-state index in [1.54, 1.807) is 29.0 Å². The SMILES string of the molecule is COCCN(Cc1ccc(C#N)cc1)C(=O)C1CC(=O)N(c2cccc(Br)c2)C1. The molecule has 7 heteroatoms. The van der Waals surface area contributed by atoms with Crippen LogP contribution in [-0.4, -0.2) is 43.5 Å². The van der Waals surface area contributed by atoms with Crippen LogP contribution in [0, 0.1) is 17.2 Å². The second kappa shape index (κ2) is 9.68. The molecule has 2 amide bonds. The monoisotopic (exact) mass is 455 g/mol. The largest absolute Gasteiger partial charge is 0.383 e. The third-order valence-electron chi connectivity index (χ3n) is 4.93. The Balaban J connectivity index is 1.73. The molecule has 0 spiro atoms. The Hall–Kier alpha value is -2.69. The molecule has 1 atom stereocenters. The highest BCUT2D eigenvalue weighted by molar-refractivity contribution is 9.10. The fourth-order valence-corrected chi connectivity index (χ4v) is 3.79. The van der Waals surface area contributed by atoms with Crippen molar-refractivity contribution < 1.29 is 14.3 Å². The smallest absolute Gasteiger partial charge is 0.228 e. The van der Waals surface area contributed by atoms with E-state index in [0.717, 1.165) is 15.7 Å². The van der Waals surface area contributed by atoms with E-state index in [4.69, 9.17) is 10.00 Å². The Morgan fingerprint density at radius 2 is 2.07 bits per heavy atom. The minimum Gasteiger partial charge on any atom is -0.383 e. The molecule has 3 rings (SSSR count). The maximum Gasteiger partial charge on any atom is 0.228 e. The molecule has 0 N–H and O–H groups in total. The molecule has 1 saturated heterocycles. The minimum absolute atomic E-state index is 0.0495. The van der Waals surface area contributed by atoms with Gasteiger partial charge in [-0.3, -0.25) is 9.59 Å². The number of nitrogens with zero attached hydrogens (tertiary/aromatic N) is 3. The highest BCUT2D eigenvalue weighted by Crippen LogP contribution is 2.28. The van der Waals surface area contributed by atoms with Gasteiger partial charge < -0.3 is 14.5 Å². The first-order valence-electron chi connectivity index (χ1n) is 9.34. The molecule has 1 fully saturated rings. The lowest BCUT2D eigenvalue weighted by atomic mass is 10.1. The fraction of sp³-hybridized carbons (Fsp3) is 0.318. The van der Waals surface area contributed by atoms with Gasteiger partial charge in [-0.1, -0.05) is 34.1 Å². The molecule has 29 heavy (non-hydrogen) atoms. The number of hydrogen-bond acceptors (Lipinski definition) is 4. The quantitative estimate of drug-likeness (QED) is 0.641. The molecule has 0 aliphatic carbocycles. The highest BCUT2D eigenvalue weighted by atomic mass is 79.9. The van der Waals surface area contributed by atoms with Crippen LogP contribution < -0.4 is 4.90 Å². The zero-order chi connectivity index (χ0) is 20.8. The maximum atomic E-state index is 13.2. The summed E-state index contributed by atoms with van der Waals surface area (Å²) in [6.07, 6.45) is 0.197. The van der Waals surface area contributed by atoms with Crippen molar-refractivity contribution in [3.05, 3.63) is 64.1 Å². The Labute approximate surface area is 178 Å². The average Bonchev–Trinajstić information content (AvgIpc) is 3.12. The summed E-state index contributed by atoms with van der Waals surface area (Å²) in [6, 6.07) is 16.8. The van der Waals surface area contributed by atoms with Gasteiger partial charge in [-0.05, 0) is 35.9 Å². The molecule has 0 bridgehead atoms. The molecule has 1 aliphatic heterocycles. The zero-order valence-electron chi connectivity index (χ0n) is 16.2. The van der Waals surface area contributed by atoms with E-state index in [1.165, 1.54) is 0 Å². The first-order chi connectivity index (χ1) is 14.0. The topological polar surface area (TPSA) is 73.6 Å². The van der Waals surface area contributed by atoms with Gasteiger partial charge in [-0.25, -0.2) is 0 Å². The van der Waals surface area contributed by atoms with E-state index < -0.39 is 5.92 Å². The molecule has 0 aromatic heterocycles. The van der Waals surface area contributed by atoms with Gasteiger partial charge in [0.15, 0.2) is 0 Å². The summed E-state index contributed by atoms with van der Waals surface area (Å²) < 4.78 is 6.05. The van der Waals surface area contributed by atoms with Crippen LogP contribution in [-0.2, 0) is 20.9 Å². The lowest BCUT2D eigenvalue weighted by Crippen LogP contribution is -2.39. The summed E-state index contributed by atoms with van der Waals surface area (Å²) in [5, 5.41) is 8.95.